The Hall–Kier alpha value is -1.10. The summed E-state index contributed by atoms with van der Waals surface area (Å²) in [4.78, 5) is 13.9. The van der Waals surface area contributed by atoms with Gasteiger partial charge in [-0.1, -0.05) is 11.6 Å². The van der Waals surface area contributed by atoms with Crippen LogP contribution in [0.5, 0.6) is 0 Å². The second kappa shape index (κ2) is 5.95. The van der Waals surface area contributed by atoms with Gasteiger partial charge < -0.3 is 10.0 Å². The fraction of sp³-hybridized carbons (Fsp3) is 0.438. The van der Waals surface area contributed by atoms with Crippen molar-refractivity contribution in [3.63, 3.8) is 0 Å². The number of aliphatic hydroxyl groups is 1. The summed E-state index contributed by atoms with van der Waals surface area (Å²) in [6.45, 7) is 0.423. The summed E-state index contributed by atoms with van der Waals surface area (Å²) in [5.74, 6) is 0.426. The number of rotatable bonds is 5. The number of carbonyl (C=O) groups is 1. The SMILES string of the molecule is CN(CC(O)C1CC1)C(=O)Cc1csc2ccc(Cl)cc12. The fourth-order valence-electron chi connectivity index (χ4n) is 2.50. The van der Waals surface area contributed by atoms with E-state index in [9.17, 15) is 9.90 Å². The van der Waals surface area contributed by atoms with Gasteiger partial charge in [-0.25, -0.2) is 0 Å². The average Bonchev–Trinajstić information content (AvgIpc) is 3.23. The Morgan fingerprint density at radius 2 is 2.29 bits per heavy atom. The summed E-state index contributed by atoms with van der Waals surface area (Å²) in [5, 5.41) is 13.7. The second-order valence-electron chi connectivity index (χ2n) is 5.76. The summed E-state index contributed by atoms with van der Waals surface area (Å²) in [5.41, 5.74) is 1.01. The Morgan fingerprint density at radius 1 is 1.52 bits per heavy atom. The van der Waals surface area contributed by atoms with Gasteiger partial charge >= 0.3 is 0 Å². The highest BCUT2D eigenvalue weighted by molar-refractivity contribution is 7.17. The normalized spacial score (nSPS) is 16.1. The van der Waals surface area contributed by atoms with Crippen molar-refractivity contribution in [2.45, 2.75) is 25.4 Å². The molecule has 5 heteroatoms. The van der Waals surface area contributed by atoms with Crippen LogP contribution in [0.1, 0.15) is 18.4 Å². The first-order valence-corrected chi connectivity index (χ1v) is 8.38. The molecule has 1 fully saturated rings. The predicted molar refractivity (Wildman–Crippen MR) is 86.9 cm³/mol. The number of nitrogens with zero attached hydrogens (tertiary/aromatic N) is 1. The summed E-state index contributed by atoms with van der Waals surface area (Å²) >= 11 is 7.66. The third kappa shape index (κ3) is 3.39. The molecule has 3 nitrogen and oxygen atoms in total. The predicted octanol–water partition coefficient (Wildman–Crippen LogP) is 3.33. The van der Waals surface area contributed by atoms with Gasteiger partial charge in [0.25, 0.3) is 0 Å². The van der Waals surface area contributed by atoms with Crippen LogP contribution >= 0.6 is 22.9 Å². The first-order chi connectivity index (χ1) is 10.0. The number of fused-ring (bicyclic) bond motifs is 1. The van der Waals surface area contributed by atoms with E-state index in [0.717, 1.165) is 28.5 Å². The smallest absolute Gasteiger partial charge is 0.226 e. The van der Waals surface area contributed by atoms with Crippen molar-refractivity contribution >= 4 is 38.9 Å². The molecule has 1 N–H and O–H groups in total. The van der Waals surface area contributed by atoms with Gasteiger partial charge in [0.05, 0.1) is 12.5 Å². The Bertz CT molecular complexity index is 665. The molecule has 112 valence electrons. The lowest BCUT2D eigenvalue weighted by Crippen LogP contribution is -2.36. The molecule has 1 amide bonds. The second-order valence-corrected chi connectivity index (χ2v) is 7.10. The number of amides is 1. The van der Waals surface area contributed by atoms with Gasteiger partial charge in [-0.05, 0) is 53.3 Å². The van der Waals surface area contributed by atoms with Crippen LogP contribution in [0, 0.1) is 5.92 Å². The molecule has 0 radical (unpaired) electrons. The van der Waals surface area contributed by atoms with Gasteiger partial charge in [0.15, 0.2) is 0 Å². The van der Waals surface area contributed by atoms with Crippen LogP contribution in [0.3, 0.4) is 0 Å². The van der Waals surface area contributed by atoms with Gasteiger partial charge in [-0.3, -0.25) is 4.79 Å². The van der Waals surface area contributed by atoms with Crippen LogP contribution in [0.4, 0.5) is 0 Å². The topological polar surface area (TPSA) is 40.5 Å². The molecule has 0 spiro atoms. The highest BCUT2D eigenvalue weighted by Crippen LogP contribution is 2.33. The van der Waals surface area contributed by atoms with Crippen LogP contribution < -0.4 is 0 Å². The average molecular weight is 324 g/mol. The molecule has 0 saturated heterocycles. The number of carbonyl (C=O) groups excluding carboxylic acids is 1. The van der Waals surface area contributed by atoms with Crippen LogP contribution in [-0.4, -0.2) is 35.6 Å². The summed E-state index contributed by atoms with van der Waals surface area (Å²) in [6.07, 6.45) is 2.13. The number of hydrogen-bond acceptors (Lipinski definition) is 3. The third-order valence-electron chi connectivity index (χ3n) is 4.01. The Morgan fingerprint density at radius 3 is 3.00 bits per heavy atom. The van der Waals surface area contributed by atoms with E-state index < -0.39 is 0 Å². The Kier molecular flexibility index (Phi) is 4.20. The zero-order chi connectivity index (χ0) is 15.0. The van der Waals surface area contributed by atoms with Crippen LogP contribution in [0.15, 0.2) is 23.6 Å². The molecule has 1 heterocycles. The zero-order valence-corrected chi connectivity index (χ0v) is 13.5. The van der Waals surface area contributed by atoms with E-state index in [1.54, 1.807) is 23.3 Å². The van der Waals surface area contributed by atoms with Crippen molar-refractivity contribution in [3.8, 4) is 0 Å². The molecule has 1 aromatic heterocycles. The van der Waals surface area contributed by atoms with Crippen LogP contribution in [-0.2, 0) is 11.2 Å². The van der Waals surface area contributed by atoms with Crippen molar-refractivity contribution in [2.75, 3.05) is 13.6 Å². The Balaban J connectivity index is 1.69. The fourth-order valence-corrected chi connectivity index (χ4v) is 3.62. The lowest BCUT2D eigenvalue weighted by atomic mass is 10.1. The molecule has 0 bridgehead atoms. The van der Waals surface area contributed by atoms with E-state index >= 15 is 0 Å². The molecule has 21 heavy (non-hydrogen) atoms. The van der Waals surface area contributed by atoms with E-state index in [-0.39, 0.29) is 12.0 Å². The van der Waals surface area contributed by atoms with Gasteiger partial charge in [0.2, 0.25) is 5.91 Å². The third-order valence-corrected chi connectivity index (χ3v) is 5.26. The lowest BCUT2D eigenvalue weighted by molar-refractivity contribution is -0.130. The first-order valence-electron chi connectivity index (χ1n) is 7.12. The molecular weight excluding hydrogens is 306 g/mol. The number of thiophene rings is 1. The molecule has 1 aliphatic carbocycles. The number of aliphatic hydroxyl groups excluding tert-OH is 1. The van der Waals surface area contributed by atoms with Gasteiger partial charge in [-0.15, -0.1) is 11.3 Å². The molecular formula is C16H18ClNO2S. The van der Waals surface area contributed by atoms with E-state index in [0.29, 0.717) is 23.9 Å². The molecule has 1 aliphatic rings. The number of hydrogen-bond donors (Lipinski definition) is 1. The zero-order valence-electron chi connectivity index (χ0n) is 11.9. The van der Waals surface area contributed by atoms with Crippen molar-refractivity contribution in [3.05, 3.63) is 34.2 Å². The van der Waals surface area contributed by atoms with Crippen LogP contribution in [0.25, 0.3) is 10.1 Å². The number of benzene rings is 1. The highest BCUT2D eigenvalue weighted by atomic mass is 35.5. The summed E-state index contributed by atoms with van der Waals surface area (Å²) < 4.78 is 1.14. The van der Waals surface area contributed by atoms with E-state index in [1.165, 1.54) is 0 Å². The molecule has 3 rings (SSSR count). The standard InChI is InChI=1S/C16H18ClNO2S/c1-18(8-14(19)10-2-3-10)16(20)6-11-9-21-15-5-4-12(17)7-13(11)15/h4-5,7,9-10,14,19H,2-3,6,8H2,1H3. The largest absolute Gasteiger partial charge is 0.391 e. The van der Waals surface area contributed by atoms with Gasteiger partial charge in [0, 0.05) is 23.3 Å². The monoisotopic (exact) mass is 323 g/mol. The van der Waals surface area contributed by atoms with E-state index in [4.69, 9.17) is 11.6 Å². The summed E-state index contributed by atoms with van der Waals surface area (Å²) in [6, 6.07) is 5.76. The maximum Gasteiger partial charge on any atom is 0.226 e. The molecule has 1 saturated carbocycles. The minimum atomic E-state index is -0.382. The quantitative estimate of drug-likeness (QED) is 0.917. The maximum absolute atomic E-state index is 12.3. The number of halogens is 1. The van der Waals surface area contributed by atoms with Crippen molar-refractivity contribution in [1.29, 1.82) is 0 Å². The van der Waals surface area contributed by atoms with Crippen LogP contribution in [0.2, 0.25) is 5.02 Å². The summed E-state index contributed by atoms with van der Waals surface area (Å²) in [7, 11) is 1.76. The highest BCUT2D eigenvalue weighted by Gasteiger charge is 2.31. The Labute approximate surface area is 133 Å². The molecule has 1 unspecified atom stereocenters. The molecule has 1 atom stereocenters. The van der Waals surface area contributed by atoms with E-state index in [2.05, 4.69) is 0 Å². The molecule has 0 aliphatic heterocycles. The van der Waals surface area contributed by atoms with Gasteiger partial charge in [-0.2, -0.15) is 0 Å². The maximum atomic E-state index is 12.3. The number of likely N-dealkylation sites (N-methyl/N-ethyl adjacent to an activating group) is 1. The lowest BCUT2D eigenvalue weighted by Gasteiger charge is -2.20. The molecule has 1 aromatic carbocycles. The molecule has 2 aromatic rings. The minimum absolute atomic E-state index is 0.0365. The minimum Gasteiger partial charge on any atom is -0.391 e. The van der Waals surface area contributed by atoms with Crippen molar-refractivity contribution in [2.24, 2.45) is 5.92 Å². The van der Waals surface area contributed by atoms with Crippen molar-refractivity contribution in [1.82, 2.24) is 4.90 Å². The van der Waals surface area contributed by atoms with Gasteiger partial charge in [0.1, 0.15) is 0 Å². The van der Waals surface area contributed by atoms with E-state index in [1.807, 2.05) is 23.6 Å². The first kappa shape index (κ1) is 14.8. The van der Waals surface area contributed by atoms with Crippen molar-refractivity contribution < 1.29 is 9.90 Å².